The molecule has 4 unspecified atom stereocenters. The predicted octanol–water partition coefficient (Wildman–Crippen LogP) is 0.736. The molecular formula is C23H25N5O3. The van der Waals surface area contributed by atoms with E-state index in [0.717, 1.165) is 35.9 Å². The minimum atomic E-state index is -0.289. The van der Waals surface area contributed by atoms with Crippen LogP contribution in [0, 0.1) is 0 Å². The van der Waals surface area contributed by atoms with Crippen molar-refractivity contribution in [3.05, 3.63) is 58.7 Å². The first-order valence-corrected chi connectivity index (χ1v) is 10.9. The van der Waals surface area contributed by atoms with Crippen LogP contribution in [0.1, 0.15) is 29.8 Å². The Morgan fingerprint density at radius 3 is 2.77 bits per heavy atom. The maximum atomic E-state index is 6.32. The van der Waals surface area contributed by atoms with Crippen molar-refractivity contribution < 1.29 is 14.2 Å². The van der Waals surface area contributed by atoms with Crippen LogP contribution >= 0.6 is 0 Å². The van der Waals surface area contributed by atoms with Crippen molar-refractivity contribution in [3.63, 3.8) is 0 Å². The Hall–Kier alpha value is -2.81. The summed E-state index contributed by atoms with van der Waals surface area (Å²) in [5.41, 5.74) is 1.17. The number of hydrogen-bond acceptors (Lipinski definition) is 7. The Morgan fingerprint density at radius 1 is 1.06 bits per heavy atom. The quantitative estimate of drug-likeness (QED) is 0.785. The Kier molecular flexibility index (Phi) is 4.90. The highest BCUT2D eigenvalue weighted by molar-refractivity contribution is 5.54. The molecule has 0 radical (unpaired) electrons. The van der Waals surface area contributed by atoms with E-state index in [0.29, 0.717) is 25.6 Å². The number of morpholine rings is 1. The molecule has 8 heteroatoms. The first kappa shape index (κ1) is 18.9. The van der Waals surface area contributed by atoms with Crippen molar-refractivity contribution >= 4 is 18.0 Å². The average molecular weight is 419 g/mol. The van der Waals surface area contributed by atoms with Crippen LogP contribution in [0.3, 0.4) is 0 Å². The van der Waals surface area contributed by atoms with Crippen LogP contribution in [0.15, 0.2) is 36.7 Å². The highest BCUT2D eigenvalue weighted by atomic mass is 16.6. The molecule has 1 N–H and O–H groups in total. The number of hydrogen-bond donors (Lipinski definition) is 1. The lowest BCUT2D eigenvalue weighted by Crippen LogP contribution is -2.46. The van der Waals surface area contributed by atoms with Crippen molar-refractivity contribution in [2.75, 3.05) is 37.8 Å². The largest absolute Gasteiger partial charge is 0.378 e. The fourth-order valence-corrected chi connectivity index (χ4v) is 4.57. The van der Waals surface area contributed by atoms with Crippen molar-refractivity contribution in [2.24, 2.45) is 0 Å². The van der Waals surface area contributed by atoms with Gasteiger partial charge in [-0.25, -0.2) is 9.97 Å². The predicted molar refractivity (Wildman–Crippen MR) is 115 cm³/mol. The molecule has 0 saturated carbocycles. The number of nitrogens with zero attached hydrogens (tertiary/aromatic N) is 4. The summed E-state index contributed by atoms with van der Waals surface area (Å²) in [5.74, 6) is 1.90. The molecule has 2 aromatic heterocycles. The zero-order chi connectivity index (χ0) is 20.6. The van der Waals surface area contributed by atoms with Gasteiger partial charge in [-0.2, -0.15) is 5.10 Å². The number of nitrogens with one attached hydrogen (secondary N) is 1. The number of allylic oxidation sites excluding steroid dienone is 2. The normalized spacial score (nSPS) is 29.6. The number of anilines is 1. The standard InChI is InChI=1S/C23H25N5O3/c1-2-4-20-19(3-1)30-14-21(31-20)22-26-18-6-5-15(16-12-24-25-13-16)11-17(18)23(27-22)28-7-9-29-10-8-28/h1-4,6,11-13,15,19-21H,5,7-10,14H2,(H,24,25). The second-order valence-corrected chi connectivity index (χ2v) is 8.21. The Bertz CT molecular complexity index is 1120. The van der Waals surface area contributed by atoms with Gasteiger partial charge in [-0.3, -0.25) is 5.10 Å². The number of H-pyrrole nitrogens is 1. The molecule has 2 aliphatic carbocycles. The van der Waals surface area contributed by atoms with Crippen LogP contribution in [0.25, 0.3) is 12.2 Å². The molecule has 8 nitrogen and oxygen atoms in total. The summed E-state index contributed by atoms with van der Waals surface area (Å²) < 4.78 is 17.9. The van der Waals surface area contributed by atoms with Crippen LogP contribution in [-0.4, -0.2) is 65.3 Å². The van der Waals surface area contributed by atoms with Crippen LogP contribution in [0.2, 0.25) is 0 Å². The molecule has 2 aliphatic heterocycles. The molecule has 4 atom stereocenters. The molecule has 2 fully saturated rings. The molecule has 2 aromatic rings. The van der Waals surface area contributed by atoms with Crippen molar-refractivity contribution in [3.8, 4) is 0 Å². The number of aromatic nitrogens is 4. The van der Waals surface area contributed by atoms with Crippen molar-refractivity contribution in [2.45, 2.75) is 30.7 Å². The van der Waals surface area contributed by atoms with E-state index in [1.54, 1.807) is 0 Å². The van der Waals surface area contributed by atoms with Crippen LogP contribution in [-0.2, 0) is 14.2 Å². The van der Waals surface area contributed by atoms with E-state index in [-0.39, 0.29) is 24.2 Å². The highest BCUT2D eigenvalue weighted by Crippen LogP contribution is 2.28. The summed E-state index contributed by atoms with van der Waals surface area (Å²) >= 11 is 0. The summed E-state index contributed by atoms with van der Waals surface area (Å²) in [6, 6.07) is 0. The molecule has 0 bridgehead atoms. The lowest BCUT2D eigenvalue weighted by molar-refractivity contribution is -0.153. The number of ether oxygens (including phenoxy) is 3. The van der Waals surface area contributed by atoms with E-state index in [9.17, 15) is 0 Å². The second-order valence-electron chi connectivity index (χ2n) is 8.21. The topological polar surface area (TPSA) is 85.4 Å². The van der Waals surface area contributed by atoms with Gasteiger partial charge < -0.3 is 19.1 Å². The van der Waals surface area contributed by atoms with Gasteiger partial charge in [0, 0.05) is 30.4 Å². The molecule has 6 rings (SSSR count). The van der Waals surface area contributed by atoms with Gasteiger partial charge in [0.2, 0.25) is 0 Å². The van der Waals surface area contributed by atoms with Gasteiger partial charge in [0.15, 0.2) is 5.82 Å². The lowest BCUT2D eigenvalue weighted by atomic mass is 9.94. The third-order valence-electron chi connectivity index (χ3n) is 6.25. The SMILES string of the molecule is C1=CC2OCC(c3nc(N4CCOCC4)c4c(n3)=CCC(c3cn[nH]c3)C=4)OC2C=C1. The molecule has 2 saturated heterocycles. The van der Waals surface area contributed by atoms with Crippen molar-refractivity contribution in [1.82, 2.24) is 20.2 Å². The number of aromatic amines is 1. The molecule has 4 heterocycles. The van der Waals surface area contributed by atoms with E-state index < -0.39 is 0 Å². The number of fused-ring (bicyclic) bond motifs is 2. The third kappa shape index (κ3) is 3.60. The molecular weight excluding hydrogens is 394 g/mol. The average Bonchev–Trinajstić information content (AvgIpc) is 3.38. The maximum Gasteiger partial charge on any atom is 0.162 e. The van der Waals surface area contributed by atoms with Crippen LogP contribution in [0.4, 0.5) is 5.82 Å². The fourth-order valence-electron chi connectivity index (χ4n) is 4.57. The van der Waals surface area contributed by atoms with Gasteiger partial charge in [-0.1, -0.05) is 36.5 Å². The maximum absolute atomic E-state index is 6.32. The lowest BCUT2D eigenvalue weighted by Gasteiger charge is -2.35. The van der Waals surface area contributed by atoms with E-state index in [2.05, 4.69) is 27.2 Å². The van der Waals surface area contributed by atoms with Crippen LogP contribution < -0.4 is 15.5 Å². The summed E-state index contributed by atoms with van der Waals surface area (Å²) in [6.45, 7) is 3.47. The monoisotopic (exact) mass is 419 g/mol. The molecule has 0 spiro atoms. The first-order chi connectivity index (χ1) is 15.3. The highest BCUT2D eigenvalue weighted by Gasteiger charge is 2.33. The van der Waals surface area contributed by atoms with E-state index >= 15 is 0 Å². The van der Waals surface area contributed by atoms with Gasteiger partial charge in [-0.15, -0.1) is 0 Å². The minimum Gasteiger partial charge on any atom is -0.378 e. The molecule has 0 amide bonds. The number of rotatable bonds is 3. The minimum absolute atomic E-state index is 0.0341. The molecule has 4 aliphatic rings. The molecule has 0 aromatic carbocycles. The summed E-state index contributed by atoms with van der Waals surface area (Å²) in [7, 11) is 0. The van der Waals surface area contributed by atoms with Crippen molar-refractivity contribution in [1.29, 1.82) is 0 Å². The van der Waals surface area contributed by atoms with Crippen LogP contribution in [0.5, 0.6) is 0 Å². The zero-order valence-corrected chi connectivity index (χ0v) is 17.2. The van der Waals surface area contributed by atoms with Gasteiger partial charge in [0.25, 0.3) is 0 Å². The second kappa shape index (κ2) is 8.03. The summed E-state index contributed by atoms with van der Waals surface area (Å²) in [5, 5.41) is 9.09. The van der Waals surface area contributed by atoms with E-state index in [4.69, 9.17) is 24.2 Å². The van der Waals surface area contributed by atoms with Gasteiger partial charge >= 0.3 is 0 Å². The molecule has 31 heavy (non-hydrogen) atoms. The summed E-state index contributed by atoms with van der Waals surface area (Å²) in [6.07, 6.45) is 16.9. The third-order valence-corrected chi connectivity index (χ3v) is 6.25. The van der Waals surface area contributed by atoms with E-state index in [1.807, 2.05) is 36.7 Å². The van der Waals surface area contributed by atoms with E-state index in [1.165, 1.54) is 5.56 Å². The first-order valence-electron chi connectivity index (χ1n) is 10.9. The zero-order valence-electron chi connectivity index (χ0n) is 17.2. The summed E-state index contributed by atoms with van der Waals surface area (Å²) in [4.78, 5) is 12.2. The van der Waals surface area contributed by atoms with Gasteiger partial charge in [0.1, 0.15) is 24.1 Å². The smallest absolute Gasteiger partial charge is 0.162 e. The molecule has 160 valence electrons. The Balaban J connectivity index is 1.40. The Labute approximate surface area is 179 Å². The Morgan fingerprint density at radius 2 is 1.94 bits per heavy atom. The fraction of sp³-hybridized carbons (Fsp3) is 0.435. The van der Waals surface area contributed by atoms with Gasteiger partial charge in [-0.05, 0) is 12.0 Å². The van der Waals surface area contributed by atoms with Gasteiger partial charge in [0.05, 0.1) is 31.4 Å².